The average Bonchev–Trinajstić information content (AvgIpc) is 2.45. The SMILES string of the molecule is COc1ccc(CC(=O)NCC(C)(O)C(=O)O)cc1OC. The van der Waals surface area contributed by atoms with Crippen molar-refractivity contribution in [3.63, 3.8) is 0 Å². The number of aliphatic carboxylic acids is 1. The molecule has 0 aliphatic rings. The van der Waals surface area contributed by atoms with Gasteiger partial charge < -0.3 is 25.0 Å². The summed E-state index contributed by atoms with van der Waals surface area (Å²) in [6, 6.07) is 5.04. The van der Waals surface area contributed by atoms with E-state index in [0.29, 0.717) is 17.1 Å². The summed E-state index contributed by atoms with van der Waals surface area (Å²) in [5.74, 6) is -0.742. The van der Waals surface area contributed by atoms with Crippen molar-refractivity contribution < 1.29 is 29.3 Å². The average molecular weight is 297 g/mol. The van der Waals surface area contributed by atoms with Crippen molar-refractivity contribution in [3.05, 3.63) is 23.8 Å². The summed E-state index contributed by atoms with van der Waals surface area (Å²) in [6.07, 6.45) is 0.0378. The molecule has 21 heavy (non-hydrogen) atoms. The number of carboxylic acid groups (broad SMARTS) is 1. The molecular weight excluding hydrogens is 278 g/mol. The summed E-state index contributed by atoms with van der Waals surface area (Å²) in [6.45, 7) is 0.750. The van der Waals surface area contributed by atoms with Crippen LogP contribution in [0.3, 0.4) is 0 Å². The molecule has 1 aromatic rings. The largest absolute Gasteiger partial charge is 0.493 e. The van der Waals surface area contributed by atoms with Crippen molar-refractivity contribution in [3.8, 4) is 11.5 Å². The fourth-order valence-electron chi connectivity index (χ4n) is 1.58. The molecule has 0 spiro atoms. The first-order valence-electron chi connectivity index (χ1n) is 6.23. The zero-order valence-electron chi connectivity index (χ0n) is 12.2. The molecule has 0 radical (unpaired) electrons. The molecule has 0 bridgehead atoms. The van der Waals surface area contributed by atoms with Crippen molar-refractivity contribution in [2.45, 2.75) is 18.9 Å². The summed E-state index contributed by atoms with van der Waals surface area (Å²) < 4.78 is 10.2. The quantitative estimate of drug-likeness (QED) is 0.664. The number of carbonyl (C=O) groups excluding carboxylic acids is 1. The molecule has 1 unspecified atom stereocenters. The Morgan fingerprint density at radius 3 is 2.38 bits per heavy atom. The van der Waals surface area contributed by atoms with Crippen molar-refractivity contribution in [2.24, 2.45) is 0 Å². The minimum Gasteiger partial charge on any atom is -0.493 e. The molecule has 1 amide bonds. The van der Waals surface area contributed by atoms with Gasteiger partial charge in [-0.05, 0) is 24.6 Å². The normalized spacial score (nSPS) is 13.1. The van der Waals surface area contributed by atoms with Crippen molar-refractivity contribution >= 4 is 11.9 Å². The molecule has 0 heterocycles. The van der Waals surface area contributed by atoms with Crippen LogP contribution < -0.4 is 14.8 Å². The molecule has 3 N–H and O–H groups in total. The number of carboxylic acids is 1. The molecule has 1 aromatic carbocycles. The van der Waals surface area contributed by atoms with Gasteiger partial charge in [0.2, 0.25) is 5.91 Å². The van der Waals surface area contributed by atoms with E-state index in [0.717, 1.165) is 6.92 Å². The van der Waals surface area contributed by atoms with Gasteiger partial charge in [0.25, 0.3) is 0 Å². The fourth-order valence-corrected chi connectivity index (χ4v) is 1.58. The van der Waals surface area contributed by atoms with Crippen molar-refractivity contribution in [2.75, 3.05) is 20.8 Å². The molecule has 116 valence electrons. The predicted molar refractivity (Wildman–Crippen MR) is 74.5 cm³/mol. The van der Waals surface area contributed by atoms with E-state index in [1.807, 2.05) is 0 Å². The third-order valence-electron chi connectivity index (χ3n) is 2.90. The maximum absolute atomic E-state index is 11.7. The summed E-state index contributed by atoms with van der Waals surface area (Å²) in [4.78, 5) is 22.5. The summed E-state index contributed by atoms with van der Waals surface area (Å²) in [5, 5.41) is 20.6. The van der Waals surface area contributed by atoms with Gasteiger partial charge in [-0.2, -0.15) is 0 Å². The first-order valence-corrected chi connectivity index (χ1v) is 6.23. The Morgan fingerprint density at radius 1 is 1.24 bits per heavy atom. The molecule has 7 heteroatoms. The molecule has 7 nitrogen and oxygen atoms in total. The number of nitrogens with one attached hydrogen (secondary N) is 1. The molecule has 0 saturated carbocycles. The minimum absolute atomic E-state index is 0.0378. The van der Waals surface area contributed by atoms with Gasteiger partial charge in [0.05, 0.1) is 27.2 Å². The number of amides is 1. The smallest absolute Gasteiger partial charge is 0.337 e. The lowest BCUT2D eigenvalue weighted by Crippen LogP contribution is -2.46. The van der Waals surface area contributed by atoms with E-state index in [2.05, 4.69) is 5.32 Å². The van der Waals surface area contributed by atoms with Gasteiger partial charge in [-0.3, -0.25) is 4.79 Å². The second kappa shape index (κ2) is 6.94. The van der Waals surface area contributed by atoms with E-state index in [1.54, 1.807) is 18.2 Å². The molecule has 0 saturated heterocycles. The third kappa shape index (κ3) is 4.64. The Kier molecular flexibility index (Phi) is 5.54. The zero-order valence-corrected chi connectivity index (χ0v) is 12.2. The monoisotopic (exact) mass is 297 g/mol. The maximum atomic E-state index is 11.7. The van der Waals surface area contributed by atoms with Crippen LogP contribution in [0.5, 0.6) is 11.5 Å². The van der Waals surface area contributed by atoms with Gasteiger partial charge in [-0.1, -0.05) is 6.07 Å². The van der Waals surface area contributed by atoms with Gasteiger partial charge in [0.15, 0.2) is 17.1 Å². The number of rotatable bonds is 7. The number of hydrogen-bond acceptors (Lipinski definition) is 5. The highest BCUT2D eigenvalue weighted by atomic mass is 16.5. The highest BCUT2D eigenvalue weighted by Gasteiger charge is 2.30. The molecule has 0 fully saturated rings. The van der Waals surface area contributed by atoms with Crippen molar-refractivity contribution in [1.82, 2.24) is 5.32 Å². The van der Waals surface area contributed by atoms with Gasteiger partial charge in [0.1, 0.15) is 0 Å². The molecule has 0 aromatic heterocycles. The van der Waals surface area contributed by atoms with Crippen molar-refractivity contribution in [1.29, 1.82) is 0 Å². The lowest BCUT2D eigenvalue weighted by molar-refractivity contribution is -0.156. The number of benzene rings is 1. The molecule has 1 rings (SSSR count). The van der Waals surface area contributed by atoms with Gasteiger partial charge in [-0.15, -0.1) is 0 Å². The Bertz CT molecular complexity index is 526. The Morgan fingerprint density at radius 2 is 1.86 bits per heavy atom. The first-order chi connectivity index (χ1) is 9.80. The van der Waals surface area contributed by atoms with Gasteiger partial charge >= 0.3 is 5.97 Å². The molecular formula is C14H19NO6. The van der Waals surface area contributed by atoms with E-state index in [-0.39, 0.29) is 13.0 Å². The third-order valence-corrected chi connectivity index (χ3v) is 2.90. The first kappa shape index (κ1) is 16.8. The predicted octanol–water partition coefficient (Wildman–Crippen LogP) is 0.198. The number of hydrogen-bond donors (Lipinski definition) is 3. The van der Waals surface area contributed by atoms with Gasteiger partial charge in [0, 0.05) is 0 Å². The van der Waals surface area contributed by atoms with E-state index >= 15 is 0 Å². The minimum atomic E-state index is -1.99. The standard InChI is InChI=1S/C14H19NO6/c1-14(19,13(17)18)8-15-12(16)7-9-4-5-10(20-2)11(6-9)21-3/h4-6,19H,7-8H2,1-3H3,(H,15,16)(H,17,18). The van der Waals surface area contributed by atoms with Crippen LogP contribution in [-0.4, -0.2) is 48.5 Å². The van der Waals surface area contributed by atoms with E-state index in [4.69, 9.17) is 14.6 Å². The highest BCUT2D eigenvalue weighted by Crippen LogP contribution is 2.27. The Hall–Kier alpha value is -2.28. The second-order valence-corrected chi connectivity index (χ2v) is 4.72. The lowest BCUT2D eigenvalue weighted by atomic mass is 10.1. The van der Waals surface area contributed by atoms with Crippen LogP contribution in [0.1, 0.15) is 12.5 Å². The number of carbonyl (C=O) groups is 2. The van der Waals surface area contributed by atoms with Crippen LogP contribution in [0.4, 0.5) is 0 Å². The van der Waals surface area contributed by atoms with E-state index in [1.165, 1.54) is 14.2 Å². The fraction of sp³-hybridized carbons (Fsp3) is 0.429. The van der Waals surface area contributed by atoms with Crippen LogP contribution in [0.2, 0.25) is 0 Å². The van der Waals surface area contributed by atoms with Crippen LogP contribution in [0.25, 0.3) is 0 Å². The van der Waals surface area contributed by atoms with Crippen LogP contribution in [0.15, 0.2) is 18.2 Å². The highest BCUT2D eigenvalue weighted by molar-refractivity contribution is 5.81. The van der Waals surface area contributed by atoms with Crippen LogP contribution in [0, 0.1) is 0 Å². The van der Waals surface area contributed by atoms with Crippen LogP contribution >= 0.6 is 0 Å². The summed E-state index contributed by atoms with van der Waals surface area (Å²) in [7, 11) is 3.00. The Labute approximate surface area is 122 Å². The maximum Gasteiger partial charge on any atom is 0.337 e. The number of methoxy groups -OCH3 is 2. The van der Waals surface area contributed by atoms with E-state index < -0.39 is 17.5 Å². The summed E-state index contributed by atoms with van der Waals surface area (Å²) in [5.41, 5.74) is -1.31. The topological polar surface area (TPSA) is 105 Å². The second-order valence-electron chi connectivity index (χ2n) is 4.72. The molecule has 0 aliphatic heterocycles. The Balaban J connectivity index is 2.65. The number of aliphatic hydroxyl groups is 1. The molecule has 0 aliphatic carbocycles. The zero-order chi connectivity index (χ0) is 16.0. The lowest BCUT2D eigenvalue weighted by Gasteiger charge is -2.18. The number of ether oxygens (including phenoxy) is 2. The summed E-state index contributed by atoms with van der Waals surface area (Å²) >= 11 is 0. The van der Waals surface area contributed by atoms with E-state index in [9.17, 15) is 14.7 Å². The molecule has 1 atom stereocenters. The van der Waals surface area contributed by atoms with Crippen LogP contribution in [-0.2, 0) is 16.0 Å². The van der Waals surface area contributed by atoms with Gasteiger partial charge in [-0.25, -0.2) is 4.79 Å².